The third kappa shape index (κ3) is 5.55. The van der Waals surface area contributed by atoms with Crippen molar-refractivity contribution >= 4 is 5.78 Å². The molecule has 0 aliphatic heterocycles. The van der Waals surface area contributed by atoms with Crippen LogP contribution in [-0.4, -0.2) is 19.1 Å². The summed E-state index contributed by atoms with van der Waals surface area (Å²) in [7, 11) is 1.35. The number of ketones is 1. The van der Waals surface area contributed by atoms with E-state index in [1.807, 2.05) is 0 Å². The van der Waals surface area contributed by atoms with Crippen molar-refractivity contribution in [3.8, 4) is 0 Å². The van der Waals surface area contributed by atoms with Crippen molar-refractivity contribution in [1.82, 2.24) is 0 Å². The molecule has 1 rings (SSSR count). The average Bonchev–Trinajstić information content (AvgIpc) is 2.37. The molecule has 1 aliphatic carbocycles. The van der Waals surface area contributed by atoms with Crippen molar-refractivity contribution in [3.05, 3.63) is 11.3 Å². The summed E-state index contributed by atoms with van der Waals surface area (Å²) in [5, 5.41) is 0. The van der Waals surface area contributed by atoms with Crippen LogP contribution in [0.25, 0.3) is 0 Å². The zero-order valence-electron chi connectivity index (χ0n) is 12.0. The number of Topliss-reactive ketones (excluding diaryl/α,β-unsaturated/α-hetero) is 1. The molecule has 0 atom stereocenters. The number of allylic oxidation sites excluding steroid dienone is 2. The van der Waals surface area contributed by atoms with E-state index in [4.69, 9.17) is 4.74 Å². The van der Waals surface area contributed by atoms with Gasteiger partial charge in [0.15, 0.2) is 0 Å². The first-order chi connectivity index (χ1) is 9.46. The first kappa shape index (κ1) is 17.1. The number of methoxy groups -OCH3 is 1. The van der Waals surface area contributed by atoms with Crippen LogP contribution in [0.4, 0.5) is 13.2 Å². The lowest BCUT2D eigenvalue weighted by atomic mass is 9.96. The largest absolute Gasteiger partial charge is 0.501 e. The van der Waals surface area contributed by atoms with Crippen LogP contribution < -0.4 is 0 Å². The van der Waals surface area contributed by atoms with E-state index in [0.29, 0.717) is 12.8 Å². The minimum absolute atomic E-state index is 0.166. The van der Waals surface area contributed by atoms with Crippen molar-refractivity contribution < 1.29 is 22.7 Å². The molecular weight excluding hydrogens is 269 g/mol. The van der Waals surface area contributed by atoms with Crippen molar-refractivity contribution in [2.45, 2.75) is 70.4 Å². The Hall–Kier alpha value is -1.00. The Morgan fingerprint density at radius 3 is 1.80 bits per heavy atom. The van der Waals surface area contributed by atoms with E-state index >= 15 is 0 Å². The Morgan fingerprint density at radius 2 is 1.35 bits per heavy atom. The van der Waals surface area contributed by atoms with Gasteiger partial charge in [-0.2, -0.15) is 13.2 Å². The molecule has 2 nitrogen and oxygen atoms in total. The number of carbonyl (C=O) groups excluding carboxylic acids is 1. The molecular formula is C15H23F3O2. The van der Waals surface area contributed by atoms with Crippen LogP contribution in [0.15, 0.2) is 11.3 Å². The van der Waals surface area contributed by atoms with Crippen LogP contribution in [0, 0.1) is 0 Å². The van der Waals surface area contributed by atoms with Crippen LogP contribution >= 0.6 is 0 Å². The normalized spacial score (nSPS) is 23.6. The van der Waals surface area contributed by atoms with E-state index in [2.05, 4.69) is 0 Å². The monoisotopic (exact) mass is 292 g/mol. The van der Waals surface area contributed by atoms with Gasteiger partial charge in [0.1, 0.15) is 5.76 Å². The highest BCUT2D eigenvalue weighted by atomic mass is 19.4. The zero-order valence-corrected chi connectivity index (χ0v) is 12.0. The Bertz CT molecular complexity index is 346. The highest BCUT2D eigenvalue weighted by Crippen LogP contribution is 2.29. The maximum absolute atomic E-state index is 12.7. The number of rotatable bonds is 2. The second-order valence-electron chi connectivity index (χ2n) is 5.26. The average molecular weight is 292 g/mol. The standard InChI is InChI=1S/C15H23F3O2/c1-20-13-11-9-7-5-3-2-4-6-8-10-12(13)14(19)15(16,17)18/h2-11H2,1H3/b13-12-. The van der Waals surface area contributed by atoms with Gasteiger partial charge in [-0.05, 0) is 19.3 Å². The molecule has 0 amide bonds. The van der Waals surface area contributed by atoms with Crippen LogP contribution in [-0.2, 0) is 9.53 Å². The molecule has 116 valence electrons. The molecule has 0 bridgehead atoms. The van der Waals surface area contributed by atoms with E-state index in [-0.39, 0.29) is 17.8 Å². The van der Waals surface area contributed by atoms with Crippen LogP contribution in [0.1, 0.15) is 64.2 Å². The van der Waals surface area contributed by atoms with Crippen molar-refractivity contribution in [2.24, 2.45) is 0 Å². The molecule has 0 fully saturated rings. The molecule has 20 heavy (non-hydrogen) atoms. The van der Waals surface area contributed by atoms with Crippen molar-refractivity contribution in [3.63, 3.8) is 0 Å². The fraction of sp³-hybridized carbons (Fsp3) is 0.800. The summed E-state index contributed by atoms with van der Waals surface area (Å²) in [6, 6.07) is 0. The predicted molar refractivity (Wildman–Crippen MR) is 71.3 cm³/mol. The highest BCUT2D eigenvalue weighted by Gasteiger charge is 2.41. The second-order valence-corrected chi connectivity index (χ2v) is 5.26. The van der Waals surface area contributed by atoms with E-state index in [1.54, 1.807) is 0 Å². The lowest BCUT2D eigenvalue weighted by Crippen LogP contribution is -2.26. The van der Waals surface area contributed by atoms with Crippen LogP contribution in [0.5, 0.6) is 0 Å². The minimum atomic E-state index is -4.81. The van der Waals surface area contributed by atoms with Crippen molar-refractivity contribution in [2.75, 3.05) is 7.11 Å². The van der Waals surface area contributed by atoms with E-state index in [9.17, 15) is 18.0 Å². The first-order valence-electron chi connectivity index (χ1n) is 7.34. The number of carbonyl (C=O) groups is 1. The number of halogens is 3. The van der Waals surface area contributed by atoms with Crippen molar-refractivity contribution in [1.29, 1.82) is 0 Å². The Morgan fingerprint density at radius 1 is 0.900 bits per heavy atom. The Labute approximate surface area is 118 Å². The molecule has 0 radical (unpaired) electrons. The number of alkyl halides is 3. The molecule has 0 aromatic heterocycles. The summed E-state index contributed by atoms with van der Waals surface area (Å²) in [6.45, 7) is 0. The van der Waals surface area contributed by atoms with E-state index in [0.717, 1.165) is 38.5 Å². The molecule has 0 saturated heterocycles. The predicted octanol–water partition coefficient (Wildman–Crippen LogP) is 4.93. The van der Waals surface area contributed by atoms with Gasteiger partial charge in [-0.15, -0.1) is 0 Å². The number of ether oxygens (including phenoxy) is 1. The van der Waals surface area contributed by atoms with Crippen LogP contribution in [0.2, 0.25) is 0 Å². The molecule has 0 saturated carbocycles. The summed E-state index contributed by atoms with van der Waals surface area (Å²) < 4.78 is 43.1. The fourth-order valence-corrected chi connectivity index (χ4v) is 2.57. The van der Waals surface area contributed by atoms with Gasteiger partial charge in [0.25, 0.3) is 5.78 Å². The first-order valence-corrected chi connectivity index (χ1v) is 7.34. The summed E-state index contributed by atoms with van der Waals surface area (Å²) in [5.74, 6) is -1.50. The summed E-state index contributed by atoms with van der Waals surface area (Å²) in [5.41, 5.74) is -0.166. The summed E-state index contributed by atoms with van der Waals surface area (Å²) >= 11 is 0. The lowest BCUT2D eigenvalue weighted by Gasteiger charge is -2.16. The van der Waals surface area contributed by atoms with Gasteiger partial charge >= 0.3 is 6.18 Å². The van der Waals surface area contributed by atoms with Gasteiger partial charge < -0.3 is 4.74 Å². The molecule has 0 spiro atoms. The third-order valence-electron chi connectivity index (χ3n) is 3.70. The molecule has 0 N–H and O–H groups in total. The van der Waals surface area contributed by atoms with E-state index in [1.165, 1.54) is 13.5 Å². The topological polar surface area (TPSA) is 26.3 Å². The highest BCUT2D eigenvalue weighted by molar-refractivity contribution is 5.99. The molecule has 0 aromatic carbocycles. The van der Waals surface area contributed by atoms with Gasteiger partial charge in [0.2, 0.25) is 0 Å². The zero-order chi connectivity index (χ0) is 15.0. The third-order valence-corrected chi connectivity index (χ3v) is 3.70. The van der Waals surface area contributed by atoms with Gasteiger partial charge in [-0.3, -0.25) is 4.79 Å². The Balaban J connectivity index is 2.89. The quantitative estimate of drug-likeness (QED) is 0.721. The van der Waals surface area contributed by atoms with Gasteiger partial charge in [-0.25, -0.2) is 0 Å². The molecule has 1 aliphatic rings. The minimum Gasteiger partial charge on any atom is -0.501 e. The lowest BCUT2D eigenvalue weighted by molar-refractivity contribution is -0.167. The number of hydrogen-bond donors (Lipinski definition) is 0. The molecule has 0 heterocycles. The molecule has 0 aromatic rings. The van der Waals surface area contributed by atoms with Gasteiger partial charge in [0, 0.05) is 12.0 Å². The fourth-order valence-electron chi connectivity index (χ4n) is 2.57. The maximum Gasteiger partial charge on any atom is 0.454 e. The summed E-state index contributed by atoms with van der Waals surface area (Å²) in [4.78, 5) is 11.5. The maximum atomic E-state index is 12.7. The number of hydrogen-bond acceptors (Lipinski definition) is 2. The van der Waals surface area contributed by atoms with E-state index < -0.39 is 12.0 Å². The molecule has 0 unspecified atom stereocenters. The molecule has 5 heteroatoms. The Kier molecular flexibility index (Phi) is 7.10. The SMILES string of the molecule is CO/C1=C(\C(=O)C(F)(F)F)CCCCCCCCCC1. The summed E-state index contributed by atoms with van der Waals surface area (Å²) in [6.07, 6.45) is 3.44. The smallest absolute Gasteiger partial charge is 0.454 e. The second kappa shape index (κ2) is 8.32. The van der Waals surface area contributed by atoms with Gasteiger partial charge in [0.05, 0.1) is 7.11 Å². The van der Waals surface area contributed by atoms with Gasteiger partial charge in [-0.1, -0.05) is 38.5 Å². The van der Waals surface area contributed by atoms with Crippen LogP contribution in [0.3, 0.4) is 0 Å².